The molecule has 1 aromatic heterocycles. The Morgan fingerprint density at radius 2 is 2.00 bits per heavy atom. The summed E-state index contributed by atoms with van der Waals surface area (Å²) in [5, 5.41) is 10.3. The molecule has 5 nitrogen and oxygen atoms in total. The molecular weight excluding hydrogens is 284 g/mol. The Morgan fingerprint density at radius 3 is 2.62 bits per heavy atom. The lowest BCUT2D eigenvalue weighted by molar-refractivity contribution is -0.120. The molecule has 0 fully saturated rings. The van der Waals surface area contributed by atoms with Crippen molar-refractivity contribution in [1.82, 2.24) is 20.5 Å². The molecule has 0 aliphatic carbocycles. The average Bonchev–Trinajstić information content (AvgIpc) is 2.94. The second-order valence-corrected chi connectivity index (χ2v) is 6.43. The molecule has 1 heterocycles. The van der Waals surface area contributed by atoms with Crippen LogP contribution < -0.4 is 5.32 Å². The van der Waals surface area contributed by atoms with Crippen LogP contribution in [-0.2, 0) is 11.3 Å². The van der Waals surface area contributed by atoms with Crippen LogP contribution in [0.15, 0.2) is 35.5 Å². The van der Waals surface area contributed by atoms with Crippen LogP contribution in [0.25, 0.3) is 0 Å². The summed E-state index contributed by atoms with van der Waals surface area (Å²) in [6, 6.07) is 9.85. The van der Waals surface area contributed by atoms with Crippen molar-refractivity contribution < 1.29 is 4.79 Å². The first-order valence-corrected chi connectivity index (χ1v) is 7.85. The maximum atomic E-state index is 12.1. The molecule has 21 heavy (non-hydrogen) atoms. The molecule has 1 aromatic carbocycles. The Bertz CT molecular complexity index is 582. The number of aromatic nitrogens is 3. The van der Waals surface area contributed by atoms with Gasteiger partial charge < -0.3 is 5.32 Å². The van der Waals surface area contributed by atoms with Gasteiger partial charge in [0.05, 0.1) is 5.25 Å². The van der Waals surface area contributed by atoms with Crippen molar-refractivity contribution in [3.05, 3.63) is 41.7 Å². The standard InChI is InChI=1S/C15H20N4OS/c1-10(2)13-17-15(19-18-13)21-11(3)14(20)16-9-12-7-5-4-6-8-12/h4-8,10-11H,9H2,1-3H3,(H,16,20)(H,17,18,19)/t11-/m1/s1. The summed E-state index contributed by atoms with van der Waals surface area (Å²) in [6.07, 6.45) is 0. The van der Waals surface area contributed by atoms with Gasteiger partial charge in [-0.3, -0.25) is 9.89 Å². The second-order valence-electron chi connectivity index (χ2n) is 5.12. The zero-order valence-corrected chi connectivity index (χ0v) is 13.3. The summed E-state index contributed by atoms with van der Waals surface area (Å²) in [6.45, 7) is 6.49. The Hall–Kier alpha value is -1.82. The van der Waals surface area contributed by atoms with E-state index < -0.39 is 0 Å². The number of thioether (sulfide) groups is 1. The molecule has 0 saturated heterocycles. The quantitative estimate of drug-likeness (QED) is 0.805. The van der Waals surface area contributed by atoms with Crippen LogP contribution in [0.5, 0.6) is 0 Å². The molecule has 1 atom stereocenters. The largest absolute Gasteiger partial charge is 0.351 e. The van der Waals surface area contributed by atoms with Crippen molar-refractivity contribution in [3.8, 4) is 0 Å². The van der Waals surface area contributed by atoms with Crippen LogP contribution in [0.3, 0.4) is 0 Å². The number of H-pyrrole nitrogens is 1. The average molecular weight is 304 g/mol. The molecule has 0 unspecified atom stereocenters. The van der Waals surface area contributed by atoms with E-state index in [9.17, 15) is 4.79 Å². The summed E-state index contributed by atoms with van der Waals surface area (Å²) in [7, 11) is 0. The number of nitrogens with one attached hydrogen (secondary N) is 2. The number of carbonyl (C=O) groups is 1. The van der Waals surface area contributed by atoms with Crippen molar-refractivity contribution >= 4 is 17.7 Å². The van der Waals surface area contributed by atoms with Gasteiger partial charge >= 0.3 is 0 Å². The smallest absolute Gasteiger partial charge is 0.233 e. The van der Waals surface area contributed by atoms with Crippen molar-refractivity contribution in [2.75, 3.05) is 0 Å². The molecule has 2 aromatic rings. The molecule has 0 aliphatic heterocycles. The highest BCUT2D eigenvalue weighted by Gasteiger charge is 2.17. The minimum Gasteiger partial charge on any atom is -0.351 e. The van der Waals surface area contributed by atoms with Crippen molar-refractivity contribution in [2.45, 2.75) is 43.6 Å². The van der Waals surface area contributed by atoms with E-state index >= 15 is 0 Å². The lowest BCUT2D eigenvalue weighted by Gasteiger charge is -2.10. The molecule has 0 saturated carbocycles. The van der Waals surface area contributed by atoms with E-state index in [0.717, 1.165) is 11.4 Å². The van der Waals surface area contributed by atoms with E-state index in [1.165, 1.54) is 11.8 Å². The Balaban J connectivity index is 1.84. The first-order chi connectivity index (χ1) is 10.1. The molecule has 0 aliphatic rings. The molecule has 2 rings (SSSR count). The Morgan fingerprint density at radius 1 is 1.29 bits per heavy atom. The number of aromatic amines is 1. The summed E-state index contributed by atoms with van der Waals surface area (Å²) in [5.41, 5.74) is 1.09. The molecule has 0 bridgehead atoms. The van der Waals surface area contributed by atoms with E-state index in [1.54, 1.807) is 0 Å². The third-order valence-corrected chi connectivity index (χ3v) is 3.95. The number of amides is 1. The van der Waals surface area contributed by atoms with E-state index in [2.05, 4.69) is 20.5 Å². The fourth-order valence-corrected chi connectivity index (χ4v) is 2.47. The number of hydrogen-bond acceptors (Lipinski definition) is 4. The van der Waals surface area contributed by atoms with Gasteiger partial charge in [-0.05, 0) is 12.5 Å². The van der Waals surface area contributed by atoms with E-state index in [1.807, 2.05) is 51.1 Å². The van der Waals surface area contributed by atoms with Gasteiger partial charge in [0.15, 0.2) is 0 Å². The van der Waals surface area contributed by atoms with Crippen LogP contribution in [-0.4, -0.2) is 26.3 Å². The summed E-state index contributed by atoms with van der Waals surface area (Å²) in [4.78, 5) is 16.4. The topological polar surface area (TPSA) is 70.7 Å². The fraction of sp³-hybridized carbons (Fsp3) is 0.400. The predicted molar refractivity (Wildman–Crippen MR) is 84.1 cm³/mol. The summed E-state index contributed by atoms with van der Waals surface area (Å²) in [5.74, 6) is 1.13. The number of carbonyl (C=O) groups excluding carboxylic acids is 1. The van der Waals surface area contributed by atoms with Gasteiger partial charge in [-0.2, -0.15) is 0 Å². The van der Waals surface area contributed by atoms with Gasteiger partial charge in [-0.1, -0.05) is 55.9 Å². The maximum absolute atomic E-state index is 12.1. The van der Waals surface area contributed by atoms with Gasteiger partial charge in [0, 0.05) is 12.5 Å². The lowest BCUT2D eigenvalue weighted by atomic mass is 10.2. The third kappa shape index (κ3) is 4.60. The molecule has 112 valence electrons. The highest BCUT2D eigenvalue weighted by atomic mass is 32.2. The number of rotatable bonds is 6. The van der Waals surface area contributed by atoms with Crippen LogP contribution in [0, 0.1) is 0 Å². The SMILES string of the molecule is CC(C)c1nc(S[C@H](C)C(=O)NCc2ccccc2)n[nH]1. The summed E-state index contributed by atoms with van der Waals surface area (Å²) < 4.78 is 0. The van der Waals surface area contributed by atoms with Crippen molar-refractivity contribution in [2.24, 2.45) is 0 Å². The van der Waals surface area contributed by atoms with E-state index in [4.69, 9.17) is 0 Å². The zero-order valence-electron chi connectivity index (χ0n) is 12.5. The van der Waals surface area contributed by atoms with E-state index in [0.29, 0.717) is 17.6 Å². The first kappa shape index (κ1) is 15.6. The van der Waals surface area contributed by atoms with Gasteiger partial charge in [0.25, 0.3) is 0 Å². The molecule has 0 spiro atoms. The predicted octanol–water partition coefficient (Wildman–Crippen LogP) is 2.73. The Labute approximate surface area is 128 Å². The number of benzene rings is 1. The van der Waals surface area contributed by atoms with Crippen LogP contribution in [0.2, 0.25) is 0 Å². The minimum atomic E-state index is -0.232. The zero-order chi connectivity index (χ0) is 15.2. The van der Waals surface area contributed by atoms with Gasteiger partial charge in [-0.15, -0.1) is 5.10 Å². The maximum Gasteiger partial charge on any atom is 0.233 e. The van der Waals surface area contributed by atoms with Gasteiger partial charge in [-0.25, -0.2) is 4.98 Å². The molecule has 0 radical (unpaired) electrons. The number of nitrogens with zero attached hydrogens (tertiary/aromatic N) is 2. The highest BCUT2D eigenvalue weighted by Crippen LogP contribution is 2.21. The molecule has 1 amide bonds. The highest BCUT2D eigenvalue weighted by molar-refractivity contribution is 8.00. The fourth-order valence-electron chi connectivity index (χ4n) is 1.71. The normalized spacial score (nSPS) is 12.4. The molecule has 2 N–H and O–H groups in total. The van der Waals surface area contributed by atoms with Crippen LogP contribution in [0.4, 0.5) is 0 Å². The van der Waals surface area contributed by atoms with Crippen molar-refractivity contribution in [3.63, 3.8) is 0 Å². The van der Waals surface area contributed by atoms with Gasteiger partial charge in [0.2, 0.25) is 11.1 Å². The van der Waals surface area contributed by atoms with E-state index in [-0.39, 0.29) is 11.2 Å². The monoisotopic (exact) mass is 304 g/mol. The summed E-state index contributed by atoms with van der Waals surface area (Å²) >= 11 is 1.36. The first-order valence-electron chi connectivity index (χ1n) is 6.97. The third-order valence-electron chi connectivity index (χ3n) is 2.99. The van der Waals surface area contributed by atoms with Crippen LogP contribution >= 0.6 is 11.8 Å². The van der Waals surface area contributed by atoms with Gasteiger partial charge in [0.1, 0.15) is 5.82 Å². The van der Waals surface area contributed by atoms with Crippen molar-refractivity contribution in [1.29, 1.82) is 0 Å². The number of hydrogen-bond donors (Lipinski definition) is 2. The Kier molecular flexibility index (Phi) is 5.38. The van der Waals surface area contributed by atoms with Crippen LogP contribution in [0.1, 0.15) is 38.1 Å². The lowest BCUT2D eigenvalue weighted by Crippen LogP contribution is -2.30. The molecule has 6 heteroatoms. The molecular formula is C15H20N4OS. The second kappa shape index (κ2) is 7.26. The minimum absolute atomic E-state index is 0.0141.